The highest BCUT2D eigenvalue weighted by Gasteiger charge is 2.33. The number of halogens is 4. The lowest BCUT2D eigenvalue weighted by Gasteiger charge is -2.09. The number of hydrogen-bond donors (Lipinski definition) is 0. The van der Waals surface area contributed by atoms with Crippen LogP contribution in [0.4, 0.5) is 18.9 Å². The zero-order chi connectivity index (χ0) is 16.3. The summed E-state index contributed by atoms with van der Waals surface area (Å²) in [7, 11) is 0. The minimum absolute atomic E-state index is 0.171. The first kappa shape index (κ1) is 16.8. The quantitative estimate of drug-likeness (QED) is 0.383. The molecule has 0 spiro atoms. The Bertz CT molecular complexity index is 689. The molecule has 0 saturated carbocycles. The van der Waals surface area contributed by atoms with Crippen LogP contribution in [0.3, 0.4) is 0 Å². The minimum atomic E-state index is -4.61. The van der Waals surface area contributed by atoms with E-state index in [-0.39, 0.29) is 4.90 Å². The van der Waals surface area contributed by atoms with E-state index in [0.29, 0.717) is 16.3 Å². The van der Waals surface area contributed by atoms with Crippen molar-refractivity contribution in [1.82, 2.24) is 0 Å². The first-order valence-electron chi connectivity index (χ1n) is 5.99. The van der Waals surface area contributed by atoms with Crippen LogP contribution >= 0.6 is 27.7 Å². The van der Waals surface area contributed by atoms with Crippen molar-refractivity contribution in [3.8, 4) is 0 Å². The molecule has 116 valence electrons. The standard InChI is InChI=1S/C14H9BrF3NO2S/c15-8-9-1-4-11(5-2-9)22-13-6-3-10(14(16,17)18)7-12(13)19(20)21/h1-7H,8H2. The van der Waals surface area contributed by atoms with E-state index in [9.17, 15) is 23.3 Å². The lowest BCUT2D eigenvalue weighted by Crippen LogP contribution is -2.05. The van der Waals surface area contributed by atoms with Crippen molar-refractivity contribution in [2.45, 2.75) is 21.3 Å². The van der Waals surface area contributed by atoms with Gasteiger partial charge in [-0.15, -0.1) is 0 Å². The highest BCUT2D eigenvalue weighted by molar-refractivity contribution is 9.08. The number of rotatable bonds is 4. The molecule has 0 aromatic heterocycles. The van der Waals surface area contributed by atoms with Crippen LogP contribution in [0, 0.1) is 10.1 Å². The van der Waals surface area contributed by atoms with Crippen LogP contribution in [0.5, 0.6) is 0 Å². The molecule has 0 amide bonds. The van der Waals surface area contributed by atoms with E-state index in [1.54, 1.807) is 12.1 Å². The van der Waals surface area contributed by atoms with Crippen LogP contribution in [0.2, 0.25) is 0 Å². The monoisotopic (exact) mass is 391 g/mol. The Kier molecular flexibility index (Phi) is 5.12. The maximum Gasteiger partial charge on any atom is 0.416 e. The average Bonchev–Trinajstić information content (AvgIpc) is 2.47. The van der Waals surface area contributed by atoms with Crippen molar-refractivity contribution in [2.24, 2.45) is 0 Å². The Morgan fingerprint density at radius 1 is 1.14 bits per heavy atom. The molecule has 2 aromatic carbocycles. The molecule has 0 fully saturated rings. The Labute approximate surface area is 136 Å². The SMILES string of the molecule is O=[N+]([O-])c1cc(C(F)(F)F)ccc1Sc1ccc(CBr)cc1. The van der Waals surface area contributed by atoms with E-state index < -0.39 is 22.4 Å². The van der Waals surface area contributed by atoms with E-state index in [1.165, 1.54) is 0 Å². The Hall–Kier alpha value is -1.54. The van der Waals surface area contributed by atoms with Gasteiger partial charge in [0.15, 0.2) is 0 Å². The molecule has 8 heteroatoms. The maximum atomic E-state index is 12.6. The van der Waals surface area contributed by atoms with E-state index >= 15 is 0 Å². The first-order chi connectivity index (χ1) is 10.3. The Morgan fingerprint density at radius 3 is 2.27 bits per heavy atom. The highest BCUT2D eigenvalue weighted by atomic mass is 79.9. The molecule has 0 heterocycles. The van der Waals surface area contributed by atoms with Crippen molar-refractivity contribution in [2.75, 3.05) is 0 Å². The summed E-state index contributed by atoms with van der Waals surface area (Å²) < 4.78 is 37.9. The van der Waals surface area contributed by atoms with Crippen molar-refractivity contribution in [3.63, 3.8) is 0 Å². The number of benzene rings is 2. The van der Waals surface area contributed by atoms with Gasteiger partial charge >= 0.3 is 6.18 Å². The molecule has 0 radical (unpaired) electrons. The topological polar surface area (TPSA) is 43.1 Å². The van der Waals surface area contributed by atoms with Crippen molar-refractivity contribution in [1.29, 1.82) is 0 Å². The van der Waals surface area contributed by atoms with Gasteiger partial charge in [0.25, 0.3) is 5.69 Å². The first-order valence-corrected chi connectivity index (χ1v) is 7.93. The molecule has 3 nitrogen and oxygen atoms in total. The second-order valence-electron chi connectivity index (χ2n) is 4.32. The lowest BCUT2D eigenvalue weighted by atomic mass is 10.2. The summed E-state index contributed by atoms with van der Waals surface area (Å²) in [5.41, 5.74) is -0.547. The molecule has 0 saturated heterocycles. The van der Waals surface area contributed by atoms with Gasteiger partial charge < -0.3 is 0 Å². The molecule has 2 rings (SSSR count). The van der Waals surface area contributed by atoms with Crippen molar-refractivity contribution >= 4 is 33.4 Å². The van der Waals surface area contributed by atoms with Gasteiger partial charge in [0.05, 0.1) is 15.4 Å². The number of hydrogen-bond acceptors (Lipinski definition) is 3. The van der Waals surface area contributed by atoms with E-state index in [2.05, 4.69) is 15.9 Å². The van der Waals surface area contributed by atoms with Gasteiger partial charge in [-0.05, 0) is 29.8 Å². The van der Waals surface area contributed by atoms with Gasteiger partial charge in [0.2, 0.25) is 0 Å². The van der Waals surface area contributed by atoms with Crippen molar-refractivity contribution in [3.05, 3.63) is 63.7 Å². The van der Waals surface area contributed by atoms with Crippen LogP contribution in [0.25, 0.3) is 0 Å². The molecule has 0 bridgehead atoms. The molecule has 22 heavy (non-hydrogen) atoms. The summed E-state index contributed by atoms with van der Waals surface area (Å²) in [4.78, 5) is 11.1. The van der Waals surface area contributed by atoms with Gasteiger partial charge in [0, 0.05) is 16.3 Å². The minimum Gasteiger partial charge on any atom is -0.258 e. The Balaban J connectivity index is 2.35. The summed E-state index contributed by atoms with van der Waals surface area (Å²) >= 11 is 4.36. The molecule has 0 unspecified atom stereocenters. The summed E-state index contributed by atoms with van der Waals surface area (Å²) in [6, 6.07) is 9.76. The molecule has 2 aromatic rings. The lowest BCUT2D eigenvalue weighted by molar-refractivity contribution is -0.388. The highest BCUT2D eigenvalue weighted by Crippen LogP contribution is 2.39. The third kappa shape index (κ3) is 4.01. The third-order valence-corrected chi connectivity index (χ3v) is 4.51. The zero-order valence-electron chi connectivity index (χ0n) is 10.9. The van der Waals surface area contributed by atoms with Crippen LogP contribution in [0.15, 0.2) is 52.3 Å². The average molecular weight is 392 g/mol. The number of nitrogens with zero attached hydrogens (tertiary/aromatic N) is 1. The smallest absolute Gasteiger partial charge is 0.258 e. The van der Waals surface area contributed by atoms with Gasteiger partial charge in [-0.1, -0.05) is 39.8 Å². The molecular weight excluding hydrogens is 383 g/mol. The number of nitro groups is 1. The molecule has 0 atom stereocenters. The normalized spacial score (nSPS) is 11.5. The van der Waals surface area contributed by atoms with Crippen LogP contribution in [-0.2, 0) is 11.5 Å². The fourth-order valence-electron chi connectivity index (χ4n) is 1.70. The molecule has 0 aliphatic rings. The summed E-state index contributed by atoms with van der Waals surface area (Å²) in [6.07, 6.45) is -4.61. The van der Waals surface area contributed by atoms with Gasteiger partial charge in [-0.2, -0.15) is 13.2 Å². The Morgan fingerprint density at radius 2 is 1.77 bits per heavy atom. The van der Waals surface area contributed by atoms with Crippen LogP contribution in [-0.4, -0.2) is 4.92 Å². The van der Waals surface area contributed by atoms with E-state index in [0.717, 1.165) is 29.5 Å². The molecular formula is C14H9BrF3NO2S. The molecule has 0 aliphatic heterocycles. The largest absolute Gasteiger partial charge is 0.416 e. The molecule has 0 aliphatic carbocycles. The third-order valence-electron chi connectivity index (χ3n) is 2.79. The van der Waals surface area contributed by atoms with E-state index in [4.69, 9.17) is 0 Å². The van der Waals surface area contributed by atoms with Crippen molar-refractivity contribution < 1.29 is 18.1 Å². The fraction of sp³-hybridized carbons (Fsp3) is 0.143. The zero-order valence-corrected chi connectivity index (χ0v) is 13.3. The summed E-state index contributed by atoms with van der Waals surface area (Å²) in [5.74, 6) is 0. The van der Waals surface area contributed by atoms with Crippen LogP contribution < -0.4 is 0 Å². The van der Waals surface area contributed by atoms with Gasteiger partial charge in [-0.3, -0.25) is 10.1 Å². The van der Waals surface area contributed by atoms with Gasteiger partial charge in [-0.25, -0.2) is 0 Å². The predicted molar refractivity (Wildman–Crippen MR) is 81.3 cm³/mol. The number of nitro benzene ring substituents is 1. The predicted octanol–water partition coefficient (Wildman–Crippen LogP) is 5.66. The fourth-order valence-corrected chi connectivity index (χ4v) is 2.97. The molecule has 0 N–H and O–H groups in total. The van der Waals surface area contributed by atoms with E-state index in [1.807, 2.05) is 12.1 Å². The summed E-state index contributed by atoms with van der Waals surface area (Å²) in [5, 5.41) is 11.7. The summed E-state index contributed by atoms with van der Waals surface area (Å²) in [6.45, 7) is 0. The second-order valence-corrected chi connectivity index (χ2v) is 5.99. The maximum absolute atomic E-state index is 12.6. The number of alkyl halides is 4. The second kappa shape index (κ2) is 6.70. The van der Waals surface area contributed by atoms with Crippen LogP contribution in [0.1, 0.15) is 11.1 Å². The van der Waals surface area contributed by atoms with Gasteiger partial charge in [0.1, 0.15) is 0 Å².